The summed E-state index contributed by atoms with van der Waals surface area (Å²) >= 11 is 0. The molecular weight excluding hydrogens is 216 g/mol. The lowest BCUT2D eigenvalue weighted by molar-refractivity contribution is 0.0436. The molecule has 0 heteroatoms. The van der Waals surface area contributed by atoms with Crippen LogP contribution in [0.2, 0.25) is 0 Å². The van der Waals surface area contributed by atoms with Crippen LogP contribution in [0.25, 0.3) is 0 Å². The number of fused-ring (bicyclic) bond motifs is 1. The Bertz CT molecular complexity index is 308. The first-order valence-electron chi connectivity index (χ1n) is 8.31. The molecule has 18 heavy (non-hydrogen) atoms. The molecule has 1 spiro atoms. The van der Waals surface area contributed by atoms with Crippen LogP contribution in [0.3, 0.4) is 0 Å². The van der Waals surface area contributed by atoms with E-state index in [1.54, 1.807) is 6.42 Å². The van der Waals surface area contributed by atoms with Gasteiger partial charge in [0.25, 0.3) is 0 Å². The van der Waals surface area contributed by atoms with E-state index in [9.17, 15) is 0 Å². The molecule has 0 nitrogen and oxygen atoms in total. The molecule has 2 bridgehead atoms. The zero-order chi connectivity index (χ0) is 13.8. The van der Waals surface area contributed by atoms with Crippen LogP contribution in [0.15, 0.2) is 0 Å². The van der Waals surface area contributed by atoms with Crippen LogP contribution < -0.4 is 0 Å². The summed E-state index contributed by atoms with van der Waals surface area (Å²) in [5, 5.41) is 0. The van der Waals surface area contributed by atoms with E-state index < -0.39 is 0 Å². The van der Waals surface area contributed by atoms with Crippen molar-refractivity contribution in [2.24, 2.45) is 34.0 Å². The van der Waals surface area contributed by atoms with Gasteiger partial charge in [-0.05, 0) is 66.1 Å². The highest BCUT2D eigenvalue weighted by molar-refractivity contribution is 5.15. The van der Waals surface area contributed by atoms with Gasteiger partial charge in [-0.2, -0.15) is 0 Å². The molecule has 0 radical (unpaired) electrons. The normalized spacial score (nSPS) is 47.2. The summed E-state index contributed by atoms with van der Waals surface area (Å²) in [5.74, 6) is 3.00. The Balaban J connectivity index is 0.000000574. The molecular formula is C18H34. The highest BCUT2D eigenvalue weighted by Gasteiger charge is 2.66. The SMILES string of the molecule is CC.CC1CCC2C(C)(C)C3CC12CCC3(C)C. The summed E-state index contributed by atoms with van der Waals surface area (Å²) in [6.45, 7) is 16.7. The van der Waals surface area contributed by atoms with Crippen molar-refractivity contribution in [3.63, 3.8) is 0 Å². The van der Waals surface area contributed by atoms with Gasteiger partial charge in [0.2, 0.25) is 0 Å². The molecule has 3 rings (SSSR count). The van der Waals surface area contributed by atoms with Gasteiger partial charge in [0.15, 0.2) is 0 Å². The van der Waals surface area contributed by atoms with E-state index in [2.05, 4.69) is 34.6 Å². The summed E-state index contributed by atoms with van der Waals surface area (Å²) in [4.78, 5) is 0. The maximum atomic E-state index is 2.58. The van der Waals surface area contributed by atoms with E-state index in [0.717, 1.165) is 23.2 Å². The predicted molar refractivity (Wildman–Crippen MR) is 80.6 cm³/mol. The second-order valence-electron chi connectivity index (χ2n) is 8.33. The van der Waals surface area contributed by atoms with Crippen LogP contribution in [-0.2, 0) is 0 Å². The summed E-state index contributed by atoms with van der Waals surface area (Å²) in [5.41, 5.74) is 1.95. The fourth-order valence-corrected chi connectivity index (χ4v) is 6.21. The maximum absolute atomic E-state index is 2.58. The molecule has 0 aromatic rings. The number of hydrogen-bond donors (Lipinski definition) is 0. The summed E-state index contributed by atoms with van der Waals surface area (Å²) in [6.07, 6.45) is 7.55. The van der Waals surface area contributed by atoms with Crippen LogP contribution in [0.1, 0.15) is 80.6 Å². The third-order valence-electron chi connectivity index (χ3n) is 7.12. The molecule has 4 unspecified atom stereocenters. The minimum Gasteiger partial charge on any atom is -0.0683 e. The molecule has 0 saturated heterocycles. The van der Waals surface area contributed by atoms with Gasteiger partial charge >= 0.3 is 0 Å². The van der Waals surface area contributed by atoms with Gasteiger partial charge in [0.1, 0.15) is 0 Å². The van der Waals surface area contributed by atoms with E-state index in [-0.39, 0.29) is 0 Å². The maximum Gasteiger partial charge on any atom is -0.0235 e. The van der Waals surface area contributed by atoms with Gasteiger partial charge in [-0.25, -0.2) is 0 Å². The lowest BCUT2D eigenvalue weighted by Crippen LogP contribution is -2.36. The van der Waals surface area contributed by atoms with Crippen molar-refractivity contribution < 1.29 is 0 Å². The van der Waals surface area contributed by atoms with Crippen LogP contribution in [-0.4, -0.2) is 0 Å². The van der Waals surface area contributed by atoms with Crippen molar-refractivity contribution >= 4 is 0 Å². The standard InChI is InChI=1S/C16H28.C2H6/c1-11-6-7-12-15(4,5)13-10-16(11,12)9-8-14(13,2)3;1-2/h11-13H,6-10H2,1-5H3;1-2H3. The third-order valence-corrected chi connectivity index (χ3v) is 7.12. The monoisotopic (exact) mass is 250 g/mol. The Morgan fingerprint density at radius 3 is 2.06 bits per heavy atom. The van der Waals surface area contributed by atoms with Gasteiger partial charge in [-0.3, -0.25) is 0 Å². The number of rotatable bonds is 0. The Kier molecular flexibility index (Phi) is 3.40. The molecule has 106 valence electrons. The van der Waals surface area contributed by atoms with Gasteiger partial charge < -0.3 is 0 Å². The second kappa shape index (κ2) is 4.25. The minimum atomic E-state index is 0.596. The van der Waals surface area contributed by atoms with E-state index in [0.29, 0.717) is 10.8 Å². The zero-order valence-electron chi connectivity index (χ0n) is 13.8. The first kappa shape index (κ1) is 14.4. The largest absolute Gasteiger partial charge is 0.0683 e. The van der Waals surface area contributed by atoms with Crippen molar-refractivity contribution in [3.05, 3.63) is 0 Å². The summed E-state index contributed by atoms with van der Waals surface area (Å²) in [6, 6.07) is 0. The molecule has 4 atom stereocenters. The van der Waals surface area contributed by atoms with Crippen LogP contribution >= 0.6 is 0 Å². The molecule has 3 fully saturated rings. The smallest absolute Gasteiger partial charge is 0.0235 e. The van der Waals surface area contributed by atoms with E-state index in [1.165, 1.54) is 25.7 Å². The van der Waals surface area contributed by atoms with E-state index in [4.69, 9.17) is 0 Å². The van der Waals surface area contributed by atoms with Crippen molar-refractivity contribution in [2.45, 2.75) is 80.6 Å². The third kappa shape index (κ3) is 1.63. The average Bonchev–Trinajstić information content (AvgIpc) is 2.73. The summed E-state index contributed by atoms with van der Waals surface area (Å²) in [7, 11) is 0. The Hall–Kier alpha value is 0. The molecule has 0 aromatic carbocycles. The summed E-state index contributed by atoms with van der Waals surface area (Å²) < 4.78 is 0. The molecule has 0 aliphatic heterocycles. The molecule has 0 heterocycles. The topological polar surface area (TPSA) is 0 Å². The Labute approximate surface area is 115 Å². The van der Waals surface area contributed by atoms with Crippen molar-refractivity contribution in [1.82, 2.24) is 0 Å². The second-order valence-corrected chi connectivity index (χ2v) is 8.33. The van der Waals surface area contributed by atoms with Crippen molar-refractivity contribution in [1.29, 1.82) is 0 Å². The van der Waals surface area contributed by atoms with Gasteiger partial charge in [-0.15, -0.1) is 0 Å². The van der Waals surface area contributed by atoms with E-state index in [1.807, 2.05) is 13.8 Å². The Morgan fingerprint density at radius 2 is 1.44 bits per heavy atom. The first-order valence-corrected chi connectivity index (χ1v) is 8.31. The molecule has 3 aliphatic carbocycles. The van der Waals surface area contributed by atoms with Crippen LogP contribution in [0.5, 0.6) is 0 Å². The highest BCUT2D eigenvalue weighted by Crippen LogP contribution is 2.74. The van der Waals surface area contributed by atoms with Crippen LogP contribution in [0.4, 0.5) is 0 Å². The molecule has 3 saturated carbocycles. The number of hydrogen-bond acceptors (Lipinski definition) is 0. The fraction of sp³-hybridized carbons (Fsp3) is 1.00. The quantitative estimate of drug-likeness (QED) is 0.501. The predicted octanol–water partition coefficient (Wildman–Crippen LogP) is 5.91. The van der Waals surface area contributed by atoms with Crippen molar-refractivity contribution in [3.8, 4) is 0 Å². The average molecular weight is 250 g/mol. The van der Waals surface area contributed by atoms with Gasteiger partial charge in [0, 0.05) is 0 Å². The van der Waals surface area contributed by atoms with Crippen LogP contribution in [0, 0.1) is 34.0 Å². The zero-order valence-corrected chi connectivity index (χ0v) is 13.8. The van der Waals surface area contributed by atoms with Crippen molar-refractivity contribution in [2.75, 3.05) is 0 Å². The fourth-order valence-electron chi connectivity index (χ4n) is 6.21. The van der Waals surface area contributed by atoms with Gasteiger partial charge in [-0.1, -0.05) is 48.5 Å². The Morgan fingerprint density at radius 1 is 0.833 bits per heavy atom. The lowest BCUT2D eigenvalue weighted by Gasteiger charge is -2.45. The van der Waals surface area contributed by atoms with Gasteiger partial charge in [0.05, 0.1) is 0 Å². The first-order chi connectivity index (χ1) is 8.31. The van der Waals surface area contributed by atoms with E-state index >= 15 is 0 Å². The minimum absolute atomic E-state index is 0.596. The molecule has 3 aliphatic rings. The lowest BCUT2D eigenvalue weighted by atomic mass is 9.60. The molecule has 0 N–H and O–H groups in total. The molecule has 0 amide bonds. The molecule has 0 aromatic heterocycles. The highest BCUT2D eigenvalue weighted by atomic mass is 14.7.